The van der Waals surface area contributed by atoms with Crippen LogP contribution in [0.3, 0.4) is 0 Å². The van der Waals surface area contributed by atoms with Crippen LogP contribution in [0.25, 0.3) is 0 Å². The van der Waals surface area contributed by atoms with Crippen molar-refractivity contribution in [3.8, 4) is 0 Å². The van der Waals surface area contributed by atoms with Gasteiger partial charge < -0.3 is 38.4 Å². The summed E-state index contributed by atoms with van der Waals surface area (Å²) in [6.45, 7) is 3.60. The molecule has 0 N–H and O–H groups in total. The van der Waals surface area contributed by atoms with Crippen molar-refractivity contribution in [2.45, 2.75) is 12.8 Å². The molecule has 1 heterocycles. The molecule has 1 aromatic carbocycles. The Labute approximate surface area is 138 Å². The molecule has 0 aromatic heterocycles. The summed E-state index contributed by atoms with van der Waals surface area (Å²) in [6.07, 6.45) is 4.79. The molecule has 1 aliphatic heterocycles. The first-order chi connectivity index (χ1) is 8.04. The molecule has 0 saturated carbocycles. The van der Waals surface area contributed by atoms with Crippen molar-refractivity contribution in [3.63, 3.8) is 0 Å². The number of benzene rings is 1. The smallest absolute Gasteiger partial charge is 0.170 e. The van der Waals surface area contributed by atoms with Crippen LogP contribution in [0.15, 0.2) is 24.3 Å². The van der Waals surface area contributed by atoms with Gasteiger partial charge in [-0.3, -0.25) is 0 Å². The van der Waals surface area contributed by atoms with Crippen molar-refractivity contribution in [1.82, 2.24) is 0 Å². The van der Waals surface area contributed by atoms with Crippen molar-refractivity contribution >= 4 is 6.21 Å². The highest BCUT2D eigenvalue weighted by atomic mass is 79.9. The van der Waals surface area contributed by atoms with E-state index in [-0.39, 0.29) is 34.0 Å². The predicted molar refractivity (Wildman–Crippen MR) is 72.8 cm³/mol. The lowest BCUT2D eigenvalue weighted by molar-refractivity contribution is -0.871. The molecule has 0 fully saturated rings. The van der Waals surface area contributed by atoms with Gasteiger partial charge in [0.15, 0.2) is 6.21 Å². The van der Waals surface area contributed by atoms with Gasteiger partial charge in [-0.25, -0.2) is 4.58 Å². The molecular weight excluding hydrogens is 368 g/mol. The van der Waals surface area contributed by atoms with Gasteiger partial charge in [0.25, 0.3) is 0 Å². The zero-order chi connectivity index (χ0) is 12.3. The van der Waals surface area contributed by atoms with Crippen LogP contribution in [0.4, 0.5) is 0 Å². The summed E-state index contributed by atoms with van der Waals surface area (Å²) in [5, 5.41) is 0. The topological polar surface area (TPSA) is 3.01 Å². The third kappa shape index (κ3) is 6.19. The molecule has 0 saturated heterocycles. The van der Waals surface area contributed by atoms with E-state index in [4.69, 9.17) is 0 Å². The van der Waals surface area contributed by atoms with Gasteiger partial charge in [-0.1, -0.05) is 18.2 Å². The van der Waals surface area contributed by atoms with Crippen LogP contribution < -0.4 is 34.0 Å². The maximum absolute atomic E-state index is 2.47. The number of nitrogens with zero attached hydrogens (tertiary/aromatic N) is 2. The third-order valence-corrected chi connectivity index (χ3v) is 3.32. The number of hydrogen-bond acceptors (Lipinski definition) is 0. The molecule has 0 atom stereocenters. The normalized spacial score (nSPS) is 13.7. The van der Waals surface area contributed by atoms with Crippen LogP contribution in [0, 0.1) is 0 Å². The number of fused-ring (bicyclic) bond motifs is 1. The number of quaternary nitrogens is 1. The molecule has 2 nitrogen and oxygen atoms in total. The first-order valence-electron chi connectivity index (χ1n) is 6.52. The highest BCUT2D eigenvalue weighted by Gasteiger charge is 2.16. The zero-order valence-corrected chi connectivity index (χ0v) is 15.2. The minimum atomic E-state index is 0. The molecule has 4 heteroatoms. The quantitative estimate of drug-likeness (QED) is 0.361. The molecule has 0 amide bonds. The minimum absolute atomic E-state index is 0. The Bertz CT molecular complexity index is 422. The standard InChI is InChI=1S/C15H24N2.2BrH/c1-17(2,3)12-6-10-16-11-9-14-7-4-5-8-15(14)13-16;;/h4-5,7-8,13H,6,9-12H2,1-3H3;2*1H/q+2;;/p-2. The van der Waals surface area contributed by atoms with Crippen molar-refractivity contribution in [3.05, 3.63) is 35.4 Å². The zero-order valence-electron chi connectivity index (χ0n) is 12.1. The maximum atomic E-state index is 2.47. The Hall–Kier alpha value is -0.190. The summed E-state index contributed by atoms with van der Waals surface area (Å²) in [6, 6.07) is 8.74. The number of rotatable bonds is 4. The average Bonchev–Trinajstić information content (AvgIpc) is 2.27. The van der Waals surface area contributed by atoms with Gasteiger partial charge in [-0.2, -0.15) is 0 Å². The van der Waals surface area contributed by atoms with Crippen LogP contribution in [-0.4, -0.2) is 56.1 Å². The summed E-state index contributed by atoms with van der Waals surface area (Å²) >= 11 is 0. The van der Waals surface area contributed by atoms with E-state index in [9.17, 15) is 0 Å². The minimum Gasteiger partial charge on any atom is -1.00 e. The molecule has 0 spiro atoms. The fourth-order valence-corrected chi connectivity index (χ4v) is 2.34. The van der Waals surface area contributed by atoms with E-state index in [1.165, 1.54) is 43.6 Å². The molecule has 108 valence electrons. The lowest BCUT2D eigenvalue weighted by Crippen LogP contribution is -3.00. The first-order valence-corrected chi connectivity index (χ1v) is 6.52. The molecular formula is C15H24Br2N2. The van der Waals surface area contributed by atoms with Gasteiger partial charge in [0.2, 0.25) is 0 Å². The van der Waals surface area contributed by atoms with E-state index in [0.717, 1.165) is 4.48 Å². The predicted octanol–water partition coefficient (Wildman–Crippen LogP) is -4.22. The van der Waals surface area contributed by atoms with Crippen molar-refractivity contribution < 1.29 is 43.0 Å². The van der Waals surface area contributed by atoms with Crippen LogP contribution in [-0.2, 0) is 6.42 Å². The second-order valence-electron chi connectivity index (χ2n) is 5.98. The van der Waals surface area contributed by atoms with E-state index >= 15 is 0 Å². The molecule has 1 aromatic rings. The maximum Gasteiger partial charge on any atom is 0.170 e. The second-order valence-corrected chi connectivity index (χ2v) is 5.98. The molecule has 0 radical (unpaired) electrons. The third-order valence-electron chi connectivity index (χ3n) is 3.32. The molecule has 0 unspecified atom stereocenters. The van der Waals surface area contributed by atoms with Gasteiger partial charge in [0.1, 0.15) is 13.1 Å². The number of halogens is 2. The van der Waals surface area contributed by atoms with Gasteiger partial charge in [0, 0.05) is 12.0 Å². The monoisotopic (exact) mass is 390 g/mol. The van der Waals surface area contributed by atoms with Crippen LogP contribution in [0.5, 0.6) is 0 Å². The van der Waals surface area contributed by atoms with E-state index in [0.29, 0.717) is 0 Å². The van der Waals surface area contributed by atoms with Crippen molar-refractivity contribution in [2.24, 2.45) is 0 Å². The van der Waals surface area contributed by atoms with Crippen LogP contribution in [0.1, 0.15) is 17.5 Å². The lowest BCUT2D eigenvalue weighted by Gasteiger charge is -2.23. The fraction of sp³-hybridized carbons (Fsp3) is 0.533. The van der Waals surface area contributed by atoms with Crippen molar-refractivity contribution in [2.75, 3.05) is 40.8 Å². The summed E-state index contributed by atoms with van der Waals surface area (Å²) in [7, 11) is 6.78. The largest absolute Gasteiger partial charge is 1.00 e. The fourth-order valence-electron chi connectivity index (χ4n) is 2.34. The molecule has 1 aliphatic rings. The highest BCUT2D eigenvalue weighted by Crippen LogP contribution is 2.11. The molecule has 19 heavy (non-hydrogen) atoms. The molecule has 2 rings (SSSR count). The Morgan fingerprint density at radius 3 is 2.47 bits per heavy atom. The summed E-state index contributed by atoms with van der Waals surface area (Å²) in [4.78, 5) is 0. The Kier molecular flexibility index (Phi) is 8.09. The van der Waals surface area contributed by atoms with Gasteiger partial charge in [-0.05, 0) is 11.6 Å². The summed E-state index contributed by atoms with van der Waals surface area (Å²) in [5.41, 5.74) is 2.90. The number of hydrogen-bond donors (Lipinski definition) is 0. The SMILES string of the molecule is C[N+](C)(C)CCC[N+]1=Cc2ccccc2CC1.[Br-].[Br-]. The summed E-state index contributed by atoms with van der Waals surface area (Å²) < 4.78 is 3.53. The van der Waals surface area contributed by atoms with E-state index < -0.39 is 0 Å². The molecule has 0 bridgehead atoms. The van der Waals surface area contributed by atoms with Gasteiger partial charge >= 0.3 is 0 Å². The van der Waals surface area contributed by atoms with Gasteiger partial charge in [0.05, 0.1) is 34.1 Å². The van der Waals surface area contributed by atoms with Gasteiger partial charge in [-0.15, -0.1) is 0 Å². The molecule has 0 aliphatic carbocycles. The highest BCUT2D eigenvalue weighted by molar-refractivity contribution is 5.78. The van der Waals surface area contributed by atoms with E-state index in [1.807, 2.05) is 0 Å². The van der Waals surface area contributed by atoms with E-state index in [2.05, 4.69) is 56.2 Å². The second kappa shape index (κ2) is 8.18. The van der Waals surface area contributed by atoms with Crippen molar-refractivity contribution in [1.29, 1.82) is 0 Å². The Balaban J connectivity index is 0.00000162. The average molecular weight is 392 g/mol. The summed E-state index contributed by atoms with van der Waals surface area (Å²) in [5.74, 6) is 0. The Morgan fingerprint density at radius 2 is 1.79 bits per heavy atom. The van der Waals surface area contributed by atoms with Crippen LogP contribution in [0.2, 0.25) is 0 Å². The first kappa shape index (κ1) is 18.8. The van der Waals surface area contributed by atoms with E-state index in [1.54, 1.807) is 0 Å². The Morgan fingerprint density at radius 1 is 1.11 bits per heavy atom. The lowest BCUT2D eigenvalue weighted by atomic mass is 10.0. The van der Waals surface area contributed by atoms with Crippen LogP contribution >= 0.6 is 0 Å².